The third-order valence-corrected chi connectivity index (χ3v) is 5.33. The van der Waals surface area contributed by atoms with E-state index in [4.69, 9.17) is 9.40 Å². The fourth-order valence-electron chi connectivity index (χ4n) is 3.77. The zero-order valence-electron chi connectivity index (χ0n) is 15.5. The van der Waals surface area contributed by atoms with Gasteiger partial charge in [-0.15, -0.1) is 10.2 Å². The molecule has 1 aliphatic rings. The van der Waals surface area contributed by atoms with Gasteiger partial charge in [0.2, 0.25) is 11.8 Å². The van der Waals surface area contributed by atoms with E-state index < -0.39 is 0 Å². The number of piperidine rings is 1. The van der Waals surface area contributed by atoms with Crippen molar-refractivity contribution in [2.75, 3.05) is 13.1 Å². The quantitative estimate of drug-likeness (QED) is 0.539. The molecule has 0 N–H and O–H groups in total. The van der Waals surface area contributed by atoms with Crippen LogP contribution in [0.3, 0.4) is 0 Å². The topological polar surface area (TPSA) is 67.9 Å². The van der Waals surface area contributed by atoms with Gasteiger partial charge in [-0.2, -0.15) is 0 Å². The third kappa shape index (κ3) is 3.51. The van der Waals surface area contributed by atoms with E-state index >= 15 is 0 Å². The van der Waals surface area contributed by atoms with Crippen molar-refractivity contribution in [3.8, 4) is 11.5 Å². The summed E-state index contributed by atoms with van der Waals surface area (Å²) in [6.45, 7) is 2.88. The zero-order chi connectivity index (χ0) is 18.8. The molecule has 3 aromatic heterocycles. The Labute approximate surface area is 163 Å². The monoisotopic (exact) mass is 371 g/mol. The first-order valence-electron chi connectivity index (χ1n) is 9.66. The number of fused-ring (bicyclic) bond motifs is 1. The molecule has 0 spiro atoms. The maximum Gasteiger partial charge on any atom is 0.249 e. The van der Waals surface area contributed by atoms with E-state index in [2.05, 4.69) is 44.3 Å². The predicted molar refractivity (Wildman–Crippen MR) is 107 cm³/mol. The van der Waals surface area contributed by atoms with Gasteiger partial charge in [0, 0.05) is 30.2 Å². The van der Waals surface area contributed by atoms with Crippen molar-refractivity contribution in [3.05, 3.63) is 72.5 Å². The van der Waals surface area contributed by atoms with Crippen molar-refractivity contribution in [2.45, 2.75) is 25.3 Å². The highest BCUT2D eigenvalue weighted by molar-refractivity contribution is 5.78. The second-order valence-electron chi connectivity index (χ2n) is 7.23. The zero-order valence-corrected chi connectivity index (χ0v) is 15.5. The van der Waals surface area contributed by atoms with Gasteiger partial charge in [0.1, 0.15) is 0 Å². The predicted octanol–water partition coefficient (Wildman–Crippen LogP) is 4.06. The van der Waals surface area contributed by atoms with Crippen LogP contribution in [0.5, 0.6) is 0 Å². The van der Waals surface area contributed by atoms with Gasteiger partial charge in [-0.3, -0.25) is 14.9 Å². The SMILES string of the molecule is c1cncc(-c2nnc(C3CCN(Cc4ccc5ccccc5n4)CC3)o2)c1. The van der Waals surface area contributed by atoms with E-state index in [0.29, 0.717) is 11.8 Å². The number of rotatable bonds is 4. The van der Waals surface area contributed by atoms with Crippen LogP contribution >= 0.6 is 0 Å². The summed E-state index contributed by atoms with van der Waals surface area (Å²) < 4.78 is 5.92. The standard InChI is InChI=1S/C22H21N5O/c1-2-6-20-16(4-1)7-8-19(24-20)15-27-12-9-17(10-13-27)21-25-26-22(28-21)18-5-3-11-23-14-18/h1-8,11,14,17H,9-10,12-13,15H2. The van der Waals surface area contributed by atoms with Crippen LogP contribution < -0.4 is 0 Å². The number of hydrogen-bond acceptors (Lipinski definition) is 6. The van der Waals surface area contributed by atoms with Gasteiger partial charge in [0.25, 0.3) is 0 Å². The summed E-state index contributed by atoms with van der Waals surface area (Å²) in [5.41, 5.74) is 3.04. The van der Waals surface area contributed by atoms with E-state index in [-0.39, 0.29) is 0 Å². The normalized spacial score (nSPS) is 15.9. The molecule has 6 heteroatoms. The molecular weight excluding hydrogens is 350 g/mol. The van der Waals surface area contributed by atoms with E-state index in [1.807, 2.05) is 24.3 Å². The lowest BCUT2D eigenvalue weighted by Gasteiger charge is -2.30. The van der Waals surface area contributed by atoms with Crippen LogP contribution in [0.1, 0.15) is 30.3 Å². The summed E-state index contributed by atoms with van der Waals surface area (Å²) in [7, 11) is 0. The fourth-order valence-corrected chi connectivity index (χ4v) is 3.77. The van der Waals surface area contributed by atoms with Gasteiger partial charge in [-0.05, 0) is 50.2 Å². The number of nitrogens with zero attached hydrogens (tertiary/aromatic N) is 5. The van der Waals surface area contributed by atoms with E-state index in [9.17, 15) is 0 Å². The number of aromatic nitrogens is 4. The summed E-state index contributed by atoms with van der Waals surface area (Å²) in [6, 6.07) is 16.3. The molecule has 28 heavy (non-hydrogen) atoms. The molecule has 140 valence electrons. The number of pyridine rings is 2. The molecule has 0 aliphatic carbocycles. The van der Waals surface area contributed by atoms with Crippen LogP contribution in [0.25, 0.3) is 22.4 Å². The third-order valence-electron chi connectivity index (χ3n) is 5.33. The molecule has 1 aliphatic heterocycles. The van der Waals surface area contributed by atoms with Crippen molar-refractivity contribution in [2.24, 2.45) is 0 Å². The highest BCUT2D eigenvalue weighted by Crippen LogP contribution is 2.29. The molecule has 0 saturated carbocycles. The molecule has 1 fully saturated rings. The molecule has 1 aromatic carbocycles. The van der Waals surface area contributed by atoms with Gasteiger partial charge < -0.3 is 4.42 Å². The summed E-state index contributed by atoms with van der Waals surface area (Å²) in [5.74, 6) is 1.60. The van der Waals surface area contributed by atoms with E-state index in [1.165, 1.54) is 5.39 Å². The Hall–Kier alpha value is -3.12. The summed E-state index contributed by atoms with van der Waals surface area (Å²) in [5, 5.41) is 9.67. The average Bonchev–Trinajstić information content (AvgIpc) is 3.25. The van der Waals surface area contributed by atoms with Crippen molar-refractivity contribution in [1.29, 1.82) is 0 Å². The minimum atomic E-state index is 0.318. The van der Waals surface area contributed by atoms with Crippen LogP contribution in [-0.2, 0) is 6.54 Å². The molecule has 6 nitrogen and oxygen atoms in total. The molecule has 5 rings (SSSR count). The van der Waals surface area contributed by atoms with Crippen molar-refractivity contribution < 1.29 is 4.42 Å². The van der Waals surface area contributed by atoms with Crippen LogP contribution in [0.4, 0.5) is 0 Å². The van der Waals surface area contributed by atoms with Gasteiger partial charge in [-0.25, -0.2) is 0 Å². The van der Waals surface area contributed by atoms with Gasteiger partial charge in [-0.1, -0.05) is 24.3 Å². The molecular formula is C22H21N5O. The van der Waals surface area contributed by atoms with Crippen LogP contribution in [-0.4, -0.2) is 38.2 Å². The van der Waals surface area contributed by atoms with Crippen molar-refractivity contribution in [3.63, 3.8) is 0 Å². The maximum atomic E-state index is 5.92. The van der Waals surface area contributed by atoms with Gasteiger partial charge >= 0.3 is 0 Å². The fraction of sp³-hybridized carbons (Fsp3) is 0.273. The highest BCUT2D eigenvalue weighted by Gasteiger charge is 2.25. The Morgan fingerprint density at radius 2 is 1.86 bits per heavy atom. The van der Waals surface area contributed by atoms with Gasteiger partial charge in [0.05, 0.1) is 16.8 Å². The lowest BCUT2D eigenvalue weighted by Crippen LogP contribution is -2.32. The molecule has 0 atom stereocenters. The number of para-hydroxylation sites is 1. The van der Waals surface area contributed by atoms with E-state index in [0.717, 1.165) is 55.1 Å². The molecule has 0 radical (unpaired) electrons. The second kappa shape index (κ2) is 7.48. The molecule has 1 saturated heterocycles. The first kappa shape index (κ1) is 17.0. The first-order valence-corrected chi connectivity index (χ1v) is 9.66. The minimum absolute atomic E-state index is 0.318. The lowest BCUT2D eigenvalue weighted by molar-refractivity contribution is 0.191. The summed E-state index contributed by atoms with van der Waals surface area (Å²) in [6.07, 6.45) is 5.52. The lowest BCUT2D eigenvalue weighted by atomic mass is 9.96. The Morgan fingerprint density at radius 3 is 2.71 bits per heavy atom. The Morgan fingerprint density at radius 1 is 0.964 bits per heavy atom. The van der Waals surface area contributed by atoms with Crippen molar-refractivity contribution in [1.82, 2.24) is 25.1 Å². The highest BCUT2D eigenvalue weighted by atomic mass is 16.4. The maximum absolute atomic E-state index is 5.92. The molecule has 4 heterocycles. The van der Waals surface area contributed by atoms with Crippen LogP contribution in [0.15, 0.2) is 65.3 Å². The number of likely N-dealkylation sites (tertiary alicyclic amines) is 1. The average molecular weight is 371 g/mol. The number of hydrogen-bond donors (Lipinski definition) is 0. The Kier molecular flexibility index (Phi) is 4.54. The largest absolute Gasteiger partial charge is 0.420 e. The second-order valence-corrected chi connectivity index (χ2v) is 7.23. The van der Waals surface area contributed by atoms with E-state index in [1.54, 1.807) is 12.4 Å². The first-order chi connectivity index (χ1) is 13.8. The summed E-state index contributed by atoms with van der Waals surface area (Å²) in [4.78, 5) is 11.4. The Bertz CT molecular complexity index is 1070. The molecule has 0 unspecified atom stereocenters. The van der Waals surface area contributed by atoms with Crippen LogP contribution in [0, 0.1) is 0 Å². The number of benzene rings is 1. The molecule has 0 bridgehead atoms. The minimum Gasteiger partial charge on any atom is -0.420 e. The molecule has 0 amide bonds. The van der Waals surface area contributed by atoms with Crippen molar-refractivity contribution >= 4 is 10.9 Å². The van der Waals surface area contributed by atoms with Gasteiger partial charge in [0.15, 0.2) is 0 Å². The molecule has 4 aromatic rings. The smallest absolute Gasteiger partial charge is 0.249 e. The van der Waals surface area contributed by atoms with Crippen LogP contribution in [0.2, 0.25) is 0 Å². The Balaban J connectivity index is 1.22. The summed E-state index contributed by atoms with van der Waals surface area (Å²) >= 11 is 0.